The number of benzene rings is 2. The van der Waals surface area contributed by atoms with Gasteiger partial charge in [-0.05, 0) is 42.3 Å². The summed E-state index contributed by atoms with van der Waals surface area (Å²) < 4.78 is 18.5. The lowest BCUT2D eigenvalue weighted by Gasteiger charge is -2.18. The number of rotatable bonds is 5. The van der Waals surface area contributed by atoms with Crippen LogP contribution < -0.4 is 10.1 Å². The predicted octanol–water partition coefficient (Wildman–Crippen LogP) is 3.38. The second kappa shape index (κ2) is 6.26. The van der Waals surface area contributed by atoms with Crippen molar-refractivity contribution in [2.24, 2.45) is 0 Å². The maximum Gasteiger partial charge on any atom is 0.330 e. The van der Waals surface area contributed by atoms with Gasteiger partial charge in [0.05, 0.1) is 7.11 Å². The zero-order valence-corrected chi connectivity index (χ0v) is 11.8. The smallest absolute Gasteiger partial charge is 0.330 e. The summed E-state index contributed by atoms with van der Waals surface area (Å²) >= 11 is 0. The molecule has 0 saturated heterocycles. The van der Waals surface area contributed by atoms with Gasteiger partial charge in [0.25, 0.3) is 0 Å². The molecule has 1 unspecified atom stereocenters. The maximum absolute atomic E-state index is 13.4. The Bertz CT molecular complexity index is 658. The molecule has 0 saturated carbocycles. The van der Waals surface area contributed by atoms with E-state index in [2.05, 4.69) is 5.32 Å². The highest BCUT2D eigenvalue weighted by Crippen LogP contribution is 2.25. The van der Waals surface area contributed by atoms with Crippen molar-refractivity contribution in [3.05, 3.63) is 59.4 Å². The molecule has 21 heavy (non-hydrogen) atoms. The van der Waals surface area contributed by atoms with Gasteiger partial charge in [-0.25, -0.2) is 9.18 Å². The van der Waals surface area contributed by atoms with Crippen LogP contribution in [0.4, 0.5) is 10.1 Å². The minimum atomic E-state index is -1.08. The van der Waals surface area contributed by atoms with Crippen molar-refractivity contribution in [2.75, 3.05) is 12.4 Å². The van der Waals surface area contributed by atoms with E-state index in [9.17, 15) is 14.3 Å². The third-order valence-electron chi connectivity index (χ3n) is 3.18. The van der Waals surface area contributed by atoms with Crippen molar-refractivity contribution < 1.29 is 19.0 Å². The molecule has 2 rings (SSSR count). The van der Waals surface area contributed by atoms with E-state index in [1.807, 2.05) is 0 Å². The lowest BCUT2D eigenvalue weighted by molar-refractivity contribution is -0.138. The molecule has 2 aromatic carbocycles. The van der Waals surface area contributed by atoms with Gasteiger partial charge in [-0.2, -0.15) is 0 Å². The Morgan fingerprint density at radius 3 is 2.71 bits per heavy atom. The number of aryl methyl sites for hydroxylation is 1. The first kappa shape index (κ1) is 14.8. The van der Waals surface area contributed by atoms with Crippen LogP contribution in [0.1, 0.15) is 17.2 Å². The summed E-state index contributed by atoms with van der Waals surface area (Å²) in [6.45, 7) is 1.75. The lowest BCUT2D eigenvalue weighted by atomic mass is 10.0. The number of methoxy groups -OCH3 is 1. The molecule has 2 aromatic rings. The first-order valence-corrected chi connectivity index (χ1v) is 6.40. The average molecular weight is 289 g/mol. The van der Waals surface area contributed by atoms with Gasteiger partial charge in [-0.3, -0.25) is 0 Å². The Morgan fingerprint density at radius 1 is 1.29 bits per heavy atom. The quantitative estimate of drug-likeness (QED) is 0.886. The topological polar surface area (TPSA) is 58.6 Å². The van der Waals surface area contributed by atoms with Crippen molar-refractivity contribution >= 4 is 11.7 Å². The summed E-state index contributed by atoms with van der Waals surface area (Å²) in [5.74, 6) is -0.930. The molecule has 5 heteroatoms. The van der Waals surface area contributed by atoms with E-state index in [0.29, 0.717) is 22.6 Å². The Morgan fingerprint density at radius 2 is 2.05 bits per heavy atom. The molecule has 0 aliphatic heterocycles. The van der Waals surface area contributed by atoms with Gasteiger partial charge in [0.15, 0.2) is 6.04 Å². The molecular weight excluding hydrogens is 273 g/mol. The average Bonchev–Trinajstić information content (AvgIpc) is 2.47. The van der Waals surface area contributed by atoms with E-state index in [-0.39, 0.29) is 0 Å². The number of carboxylic acid groups (broad SMARTS) is 1. The van der Waals surface area contributed by atoms with E-state index in [4.69, 9.17) is 4.74 Å². The lowest BCUT2D eigenvalue weighted by Crippen LogP contribution is -2.21. The third kappa shape index (κ3) is 3.51. The summed E-state index contributed by atoms with van der Waals surface area (Å²) in [6, 6.07) is 10.00. The molecule has 2 N–H and O–H groups in total. The summed E-state index contributed by atoms with van der Waals surface area (Å²) in [7, 11) is 1.53. The Balaban J connectivity index is 2.35. The van der Waals surface area contributed by atoms with Crippen LogP contribution in [-0.2, 0) is 4.79 Å². The number of aliphatic carboxylic acids is 1. The summed E-state index contributed by atoms with van der Waals surface area (Å²) in [6.07, 6.45) is 0. The largest absolute Gasteiger partial charge is 0.497 e. The van der Waals surface area contributed by atoms with E-state index in [1.165, 1.54) is 19.2 Å². The van der Waals surface area contributed by atoms with Gasteiger partial charge in [-0.15, -0.1) is 0 Å². The molecule has 0 amide bonds. The number of halogens is 1. The van der Waals surface area contributed by atoms with Crippen LogP contribution in [0, 0.1) is 12.7 Å². The third-order valence-corrected chi connectivity index (χ3v) is 3.18. The molecule has 0 bridgehead atoms. The number of anilines is 1. The fourth-order valence-corrected chi connectivity index (χ4v) is 2.07. The predicted molar refractivity (Wildman–Crippen MR) is 78.1 cm³/mol. The highest BCUT2D eigenvalue weighted by atomic mass is 19.1. The fourth-order valence-electron chi connectivity index (χ4n) is 2.07. The van der Waals surface area contributed by atoms with Crippen LogP contribution in [0.5, 0.6) is 5.75 Å². The summed E-state index contributed by atoms with van der Waals surface area (Å²) in [4.78, 5) is 11.5. The Kier molecular flexibility index (Phi) is 4.42. The van der Waals surface area contributed by atoms with Gasteiger partial charge in [0, 0.05) is 11.8 Å². The minimum Gasteiger partial charge on any atom is -0.497 e. The molecule has 4 nitrogen and oxygen atoms in total. The molecule has 0 aliphatic rings. The molecule has 0 spiro atoms. The molecule has 0 fully saturated rings. The highest BCUT2D eigenvalue weighted by Gasteiger charge is 2.22. The molecule has 0 heterocycles. The Hall–Kier alpha value is -2.56. The van der Waals surface area contributed by atoms with Crippen LogP contribution in [-0.4, -0.2) is 18.2 Å². The van der Waals surface area contributed by atoms with E-state index in [1.54, 1.807) is 37.3 Å². The van der Waals surface area contributed by atoms with Crippen LogP contribution in [0.2, 0.25) is 0 Å². The van der Waals surface area contributed by atoms with Crippen LogP contribution in [0.3, 0.4) is 0 Å². The molecular formula is C16H16FNO3. The van der Waals surface area contributed by atoms with E-state index in [0.717, 1.165) is 0 Å². The number of ether oxygens (including phenoxy) is 1. The first-order chi connectivity index (χ1) is 10.0. The van der Waals surface area contributed by atoms with Crippen LogP contribution in [0.25, 0.3) is 0 Å². The standard InChI is InChI=1S/C16H16FNO3/c1-10-6-7-11(17)8-14(10)15(16(19)20)18-12-4-3-5-13(9-12)21-2/h3-9,15,18H,1-2H3,(H,19,20). The second-order valence-corrected chi connectivity index (χ2v) is 4.65. The van der Waals surface area contributed by atoms with Gasteiger partial charge >= 0.3 is 5.97 Å². The number of hydrogen-bond acceptors (Lipinski definition) is 3. The number of carboxylic acids is 1. The van der Waals surface area contributed by atoms with Gasteiger partial charge in [-0.1, -0.05) is 12.1 Å². The van der Waals surface area contributed by atoms with Crippen molar-refractivity contribution in [1.82, 2.24) is 0 Å². The zero-order chi connectivity index (χ0) is 15.4. The normalized spacial score (nSPS) is 11.8. The SMILES string of the molecule is COc1cccc(NC(C(=O)O)c2cc(F)ccc2C)c1. The van der Waals surface area contributed by atoms with Crippen molar-refractivity contribution in [1.29, 1.82) is 0 Å². The molecule has 0 aliphatic carbocycles. The molecule has 1 atom stereocenters. The first-order valence-electron chi connectivity index (χ1n) is 6.40. The molecule has 0 radical (unpaired) electrons. The van der Waals surface area contributed by atoms with Crippen LogP contribution in [0.15, 0.2) is 42.5 Å². The van der Waals surface area contributed by atoms with E-state index < -0.39 is 17.8 Å². The maximum atomic E-state index is 13.4. The van der Waals surface area contributed by atoms with Gasteiger partial charge < -0.3 is 15.2 Å². The molecule has 110 valence electrons. The number of hydrogen-bond donors (Lipinski definition) is 2. The second-order valence-electron chi connectivity index (χ2n) is 4.65. The van der Waals surface area contributed by atoms with Gasteiger partial charge in [0.1, 0.15) is 11.6 Å². The van der Waals surface area contributed by atoms with E-state index >= 15 is 0 Å². The van der Waals surface area contributed by atoms with Gasteiger partial charge in [0.2, 0.25) is 0 Å². The van der Waals surface area contributed by atoms with Crippen molar-refractivity contribution in [3.63, 3.8) is 0 Å². The highest BCUT2D eigenvalue weighted by molar-refractivity contribution is 5.80. The fraction of sp³-hybridized carbons (Fsp3) is 0.188. The Labute approximate surface area is 122 Å². The van der Waals surface area contributed by atoms with Crippen LogP contribution >= 0.6 is 0 Å². The number of carbonyl (C=O) groups is 1. The zero-order valence-electron chi connectivity index (χ0n) is 11.8. The monoisotopic (exact) mass is 289 g/mol. The summed E-state index contributed by atoms with van der Waals surface area (Å²) in [5, 5.41) is 12.3. The summed E-state index contributed by atoms with van der Waals surface area (Å²) in [5.41, 5.74) is 1.69. The molecule has 0 aromatic heterocycles. The number of nitrogens with one attached hydrogen (secondary N) is 1. The van der Waals surface area contributed by atoms with Crippen molar-refractivity contribution in [2.45, 2.75) is 13.0 Å². The van der Waals surface area contributed by atoms with Crippen molar-refractivity contribution in [3.8, 4) is 5.75 Å². The minimum absolute atomic E-state index is 0.394.